The zero-order valence-corrected chi connectivity index (χ0v) is 12.6. The van der Waals surface area contributed by atoms with E-state index in [1.807, 2.05) is 6.92 Å². The predicted octanol–water partition coefficient (Wildman–Crippen LogP) is 2.79. The number of aromatic nitrogens is 1. The second kappa shape index (κ2) is 6.67. The topological polar surface area (TPSA) is 60.5 Å². The molecule has 0 bridgehead atoms. The molecule has 1 N–H and O–H groups in total. The summed E-state index contributed by atoms with van der Waals surface area (Å²) in [6, 6.07) is 0. The highest BCUT2D eigenvalue weighted by Crippen LogP contribution is 2.29. The molecule has 0 fully saturated rings. The van der Waals surface area contributed by atoms with Gasteiger partial charge in [0.15, 0.2) is 5.69 Å². The molecule has 0 saturated heterocycles. The lowest BCUT2D eigenvalue weighted by molar-refractivity contribution is 0.0519. The van der Waals surface area contributed by atoms with Crippen molar-refractivity contribution in [3.8, 4) is 0 Å². The maximum atomic E-state index is 11.6. The maximum Gasteiger partial charge on any atom is 0.357 e. The van der Waals surface area contributed by atoms with E-state index in [9.17, 15) is 4.79 Å². The van der Waals surface area contributed by atoms with Crippen molar-refractivity contribution in [2.45, 2.75) is 26.4 Å². The van der Waals surface area contributed by atoms with Gasteiger partial charge >= 0.3 is 5.97 Å². The summed E-state index contributed by atoms with van der Waals surface area (Å²) < 4.78 is 10.5. The Balaban J connectivity index is 2.16. The smallest absolute Gasteiger partial charge is 0.357 e. The Morgan fingerprint density at radius 1 is 1.55 bits per heavy atom. The van der Waals surface area contributed by atoms with E-state index in [1.165, 1.54) is 11.3 Å². The standard InChI is InChI=1S/C14H18N2O3S/c1-4-19-14(17)11-8-20-13(16-11)12(18-3)10-7-5-6-9(2)15-10/h6-8,12,15H,4-5H2,1-3H3. The molecule has 1 aliphatic heterocycles. The Hall–Kier alpha value is -1.66. The third-order valence-corrected chi connectivity index (χ3v) is 3.74. The summed E-state index contributed by atoms with van der Waals surface area (Å²) in [6.45, 7) is 4.12. The van der Waals surface area contributed by atoms with Crippen molar-refractivity contribution in [1.82, 2.24) is 10.3 Å². The summed E-state index contributed by atoms with van der Waals surface area (Å²) in [5, 5.41) is 5.72. The quantitative estimate of drug-likeness (QED) is 0.846. The average molecular weight is 294 g/mol. The van der Waals surface area contributed by atoms with E-state index in [2.05, 4.69) is 22.5 Å². The van der Waals surface area contributed by atoms with Crippen molar-refractivity contribution < 1.29 is 14.3 Å². The van der Waals surface area contributed by atoms with Crippen molar-refractivity contribution in [3.05, 3.63) is 39.6 Å². The monoisotopic (exact) mass is 294 g/mol. The molecule has 2 heterocycles. The molecule has 2 rings (SSSR count). The van der Waals surface area contributed by atoms with Crippen LogP contribution in [0.1, 0.15) is 41.9 Å². The number of rotatable bonds is 5. The molecule has 0 aromatic carbocycles. The van der Waals surface area contributed by atoms with Crippen molar-refractivity contribution in [2.24, 2.45) is 0 Å². The largest absolute Gasteiger partial charge is 0.461 e. The number of nitrogens with zero attached hydrogens (tertiary/aromatic N) is 1. The summed E-state index contributed by atoms with van der Waals surface area (Å²) in [7, 11) is 1.63. The normalized spacial score (nSPS) is 15.9. The summed E-state index contributed by atoms with van der Waals surface area (Å²) in [6.07, 6.45) is 4.74. The maximum absolute atomic E-state index is 11.6. The number of carbonyl (C=O) groups is 1. The first-order valence-corrected chi connectivity index (χ1v) is 7.32. The number of dihydropyridines is 1. The molecule has 0 radical (unpaired) electrons. The number of allylic oxidation sites excluding steroid dienone is 3. The van der Waals surface area contributed by atoms with E-state index in [4.69, 9.17) is 9.47 Å². The van der Waals surface area contributed by atoms with Crippen molar-refractivity contribution in [3.63, 3.8) is 0 Å². The molecule has 108 valence electrons. The minimum absolute atomic E-state index is 0.285. The van der Waals surface area contributed by atoms with Gasteiger partial charge in [-0.2, -0.15) is 0 Å². The van der Waals surface area contributed by atoms with Gasteiger partial charge in [0, 0.05) is 23.9 Å². The minimum atomic E-state index is -0.397. The van der Waals surface area contributed by atoms with Gasteiger partial charge in [0.1, 0.15) is 11.1 Å². The Labute approximate surface area is 122 Å². The van der Waals surface area contributed by atoms with Crippen LogP contribution in [0.2, 0.25) is 0 Å². The van der Waals surface area contributed by atoms with Crippen LogP contribution in [0, 0.1) is 0 Å². The van der Waals surface area contributed by atoms with Gasteiger partial charge in [0.05, 0.1) is 6.61 Å². The molecular formula is C14H18N2O3S. The number of methoxy groups -OCH3 is 1. The molecule has 1 atom stereocenters. The van der Waals surface area contributed by atoms with Gasteiger partial charge in [-0.05, 0) is 20.3 Å². The van der Waals surface area contributed by atoms with E-state index in [1.54, 1.807) is 19.4 Å². The van der Waals surface area contributed by atoms with Gasteiger partial charge in [0.25, 0.3) is 0 Å². The molecule has 0 amide bonds. The molecule has 1 unspecified atom stereocenters. The Kier molecular flexibility index (Phi) is 4.92. The van der Waals surface area contributed by atoms with E-state index >= 15 is 0 Å². The van der Waals surface area contributed by atoms with Crippen molar-refractivity contribution in [1.29, 1.82) is 0 Å². The number of ether oxygens (including phenoxy) is 2. The summed E-state index contributed by atoms with van der Waals surface area (Å²) in [5.74, 6) is -0.397. The molecule has 0 spiro atoms. The Morgan fingerprint density at radius 3 is 3.00 bits per heavy atom. The number of hydrogen-bond donors (Lipinski definition) is 1. The third kappa shape index (κ3) is 3.26. The van der Waals surface area contributed by atoms with Crippen LogP contribution in [0.5, 0.6) is 0 Å². The number of thiazole rings is 1. The lowest BCUT2D eigenvalue weighted by Gasteiger charge is -2.21. The first-order chi connectivity index (χ1) is 9.65. The molecule has 1 aromatic rings. The highest BCUT2D eigenvalue weighted by atomic mass is 32.1. The second-order valence-electron chi connectivity index (χ2n) is 4.31. The molecule has 20 heavy (non-hydrogen) atoms. The van der Waals surface area contributed by atoms with Crippen LogP contribution in [0.25, 0.3) is 0 Å². The Morgan fingerprint density at radius 2 is 2.35 bits per heavy atom. The molecular weight excluding hydrogens is 276 g/mol. The van der Waals surface area contributed by atoms with Gasteiger partial charge in [-0.15, -0.1) is 11.3 Å². The molecule has 0 saturated carbocycles. The van der Waals surface area contributed by atoms with Crippen LogP contribution >= 0.6 is 11.3 Å². The van der Waals surface area contributed by atoms with Crippen LogP contribution in [0.15, 0.2) is 28.9 Å². The highest BCUT2D eigenvalue weighted by molar-refractivity contribution is 7.09. The van der Waals surface area contributed by atoms with Gasteiger partial charge < -0.3 is 14.8 Å². The highest BCUT2D eigenvalue weighted by Gasteiger charge is 2.23. The van der Waals surface area contributed by atoms with Crippen molar-refractivity contribution >= 4 is 17.3 Å². The summed E-state index contributed by atoms with van der Waals surface area (Å²) >= 11 is 1.39. The summed E-state index contributed by atoms with van der Waals surface area (Å²) in [4.78, 5) is 16.0. The second-order valence-corrected chi connectivity index (χ2v) is 5.20. The van der Waals surface area contributed by atoms with Crippen LogP contribution in [-0.4, -0.2) is 24.7 Å². The first kappa shape index (κ1) is 14.7. The van der Waals surface area contributed by atoms with Crippen LogP contribution in [0.4, 0.5) is 0 Å². The van der Waals surface area contributed by atoms with Crippen LogP contribution in [-0.2, 0) is 9.47 Å². The fourth-order valence-corrected chi connectivity index (χ4v) is 2.81. The lowest BCUT2D eigenvalue weighted by atomic mass is 10.1. The van der Waals surface area contributed by atoms with E-state index in [0.29, 0.717) is 12.3 Å². The van der Waals surface area contributed by atoms with Gasteiger partial charge in [-0.3, -0.25) is 0 Å². The SMILES string of the molecule is CCOC(=O)c1csc(C(OC)C2=CCC=C(C)N2)n1. The lowest BCUT2D eigenvalue weighted by Crippen LogP contribution is -2.21. The predicted molar refractivity (Wildman–Crippen MR) is 77.4 cm³/mol. The van der Waals surface area contributed by atoms with E-state index in [0.717, 1.165) is 22.8 Å². The number of carbonyl (C=O) groups excluding carboxylic acids is 1. The molecule has 1 aromatic heterocycles. The van der Waals surface area contributed by atoms with E-state index < -0.39 is 5.97 Å². The van der Waals surface area contributed by atoms with Crippen molar-refractivity contribution in [2.75, 3.05) is 13.7 Å². The van der Waals surface area contributed by atoms with Gasteiger partial charge in [0.2, 0.25) is 0 Å². The van der Waals surface area contributed by atoms with Crippen LogP contribution in [0.3, 0.4) is 0 Å². The average Bonchev–Trinajstić information content (AvgIpc) is 2.90. The number of nitrogens with one attached hydrogen (secondary N) is 1. The first-order valence-electron chi connectivity index (χ1n) is 6.44. The molecule has 6 heteroatoms. The molecule has 5 nitrogen and oxygen atoms in total. The number of hydrogen-bond acceptors (Lipinski definition) is 6. The fourth-order valence-electron chi connectivity index (χ4n) is 1.93. The number of esters is 1. The Bertz CT molecular complexity index is 548. The van der Waals surface area contributed by atoms with E-state index in [-0.39, 0.29) is 6.10 Å². The molecule has 0 aliphatic carbocycles. The third-order valence-electron chi connectivity index (χ3n) is 2.85. The van der Waals surface area contributed by atoms with Gasteiger partial charge in [-0.1, -0.05) is 12.2 Å². The molecule has 1 aliphatic rings. The summed E-state index contributed by atoms with van der Waals surface area (Å²) in [5.41, 5.74) is 2.38. The fraction of sp³-hybridized carbons (Fsp3) is 0.429. The minimum Gasteiger partial charge on any atom is -0.461 e. The zero-order valence-electron chi connectivity index (χ0n) is 11.8. The van der Waals surface area contributed by atoms with Crippen LogP contribution < -0.4 is 5.32 Å². The zero-order chi connectivity index (χ0) is 14.5. The van der Waals surface area contributed by atoms with Gasteiger partial charge in [-0.25, -0.2) is 9.78 Å².